The summed E-state index contributed by atoms with van der Waals surface area (Å²) >= 11 is 0. The molecule has 5 nitrogen and oxygen atoms in total. The molecule has 0 N–H and O–H groups in total. The van der Waals surface area contributed by atoms with Crippen LogP contribution in [0.1, 0.15) is 42.9 Å². The van der Waals surface area contributed by atoms with Crippen molar-refractivity contribution in [3.05, 3.63) is 65.7 Å². The topological polar surface area (TPSA) is 57.7 Å². The lowest BCUT2D eigenvalue weighted by Crippen LogP contribution is -2.44. The fourth-order valence-electron chi connectivity index (χ4n) is 4.69. The molecule has 32 heavy (non-hydrogen) atoms. The monoisotopic (exact) mass is 466 g/mol. The SMILES string of the molecule is O=C(C1CCN(S(=O)(=O)c2ccccc2C(F)(F)F)CC1)N1CCC[C@H]1c1ccccc1. The van der Waals surface area contributed by atoms with Gasteiger partial charge < -0.3 is 4.90 Å². The maximum Gasteiger partial charge on any atom is 0.417 e. The van der Waals surface area contributed by atoms with Crippen molar-refractivity contribution in [3.8, 4) is 0 Å². The van der Waals surface area contributed by atoms with Crippen LogP contribution < -0.4 is 0 Å². The largest absolute Gasteiger partial charge is 0.417 e. The first-order chi connectivity index (χ1) is 15.2. The van der Waals surface area contributed by atoms with Gasteiger partial charge in [-0.1, -0.05) is 42.5 Å². The Morgan fingerprint density at radius 3 is 2.16 bits per heavy atom. The second kappa shape index (κ2) is 8.86. The van der Waals surface area contributed by atoms with Crippen molar-refractivity contribution in [1.29, 1.82) is 0 Å². The molecule has 2 heterocycles. The van der Waals surface area contributed by atoms with Crippen LogP contribution in [0.2, 0.25) is 0 Å². The van der Waals surface area contributed by atoms with E-state index in [1.807, 2.05) is 35.2 Å². The molecule has 1 atom stereocenters. The number of amides is 1. The number of carbonyl (C=O) groups is 1. The van der Waals surface area contributed by atoms with E-state index in [0.717, 1.165) is 34.8 Å². The highest BCUT2D eigenvalue weighted by Gasteiger charge is 2.41. The number of halogens is 3. The van der Waals surface area contributed by atoms with Crippen LogP contribution >= 0.6 is 0 Å². The molecule has 2 aromatic rings. The number of benzene rings is 2. The van der Waals surface area contributed by atoms with Gasteiger partial charge in [0.25, 0.3) is 0 Å². The Labute approximate surface area is 185 Å². The van der Waals surface area contributed by atoms with Crippen molar-refractivity contribution in [2.24, 2.45) is 5.92 Å². The molecule has 2 fully saturated rings. The molecule has 0 aliphatic carbocycles. The summed E-state index contributed by atoms with van der Waals surface area (Å²) in [5.41, 5.74) is -0.0805. The van der Waals surface area contributed by atoms with Crippen LogP contribution in [0.25, 0.3) is 0 Å². The Morgan fingerprint density at radius 1 is 0.875 bits per heavy atom. The van der Waals surface area contributed by atoms with E-state index in [1.54, 1.807) is 0 Å². The van der Waals surface area contributed by atoms with E-state index in [1.165, 1.54) is 12.1 Å². The number of alkyl halides is 3. The highest BCUT2D eigenvalue weighted by atomic mass is 32.2. The van der Waals surface area contributed by atoms with Crippen molar-refractivity contribution >= 4 is 15.9 Å². The van der Waals surface area contributed by atoms with Crippen LogP contribution in [-0.2, 0) is 21.0 Å². The van der Waals surface area contributed by atoms with Gasteiger partial charge in [0, 0.05) is 25.6 Å². The van der Waals surface area contributed by atoms with Gasteiger partial charge in [-0.2, -0.15) is 17.5 Å². The third-order valence-electron chi connectivity index (χ3n) is 6.33. The lowest BCUT2D eigenvalue weighted by molar-refractivity contribution is -0.140. The van der Waals surface area contributed by atoms with Gasteiger partial charge in [-0.15, -0.1) is 0 Å². The van der Waals surface area contributed by atoms with Gasteiger partial charge in [-0.25, -0.2) is 8.42 Å². The molecule has 0 aromatic heterocycles. The molecule has 0 radical (unpaired) electrons. The van der Waals surface area contributed by atoms with E-state index >= 15 is 0 Å². The molecule has 0 bridgehead atoms. The Kier molecular flexibility index (Phi) is 6.31. The Bertz CT molecular complexity index is 1070. The summed E-state index contributed by atoms with van der Waals surface area (Å²) < 4.78 is 67.0. The van der Waals surface area contributed by atoms with E-state index in [4.69, 9.17) is 0 Å². The van der Waals surface area contributed by atoms with E-state index < -0.39 is 26.7 Å². The fourth-order valence-corrected chi connectivity index (χ4v) is 6.38. The van der Waals surface area contributed by atoms with Gasteiger partial charge in [0.1, 0.15) is 0 Å². The van der Waals surface area contributed by atoms with Crippen LogP contribution in [-0.4, -0.2) is 43.2 Å². The normalized spacial score (nSPS) is 21.1. The van der Waals surface area contributed by atoms with Crippen molar-refractivity contribution in [2.75, 3.05) is 19.6 Å². The molecule has 9 heteroatoms. The third kappa shape index (κ3) is 4.41. The Hall–Kier alpha value is -2.39. The molecule has 2 saturated heterocycles. The van der Waals surface area contributed by atoms with Gasteiger partial charge in [-0.05, 0) is 43.4 Å². The molecule has 2 aliphatic rings. The summed E-state index contributed by atoms with van der Waals surface area (Å²) in [7, 11) is -4.31. The number of nitrogens with zero attached hydrogens (tertiary/aromatic N) is 2. The van der Waals surface area contributed by atoms with Gasteiger partial charge >= 0.3 is 6.18 Å². The molecular weight excluding hydrogens is 441 g/mol. The molecule has 2 aliphatic heterocycles. The van der Waals surface area contributed by atoms with Crippen LogP contribution in [0.5, 0.6) is 0 Å². The first kappa shape index (κ1) is 22.8. The zero-order valence-electron chi connectivity index (χ0n) is 17.5. The minimum absolute atomic E-state index is 0.00379. The number of hydrogen-bond donors (Lipinski definition) is 0. The second-order valence-electron chi connectivity index (χ2n) is 8.27. The van der Waals surface area contributed by atoms with Crippen molar-refractivity contribution in [3.63, 3.8) is 0 Å². The quantitative estimate of drug-likeness (QED) is 0.668. The number of piperidine rings is 1. The number of rotatable bonds is 4. The van der Waals surface area contributed by atoms with E-state index in [-0.39, 0.29) is 31.0 Å². The van der Waals surface area contributed by atoms with Gasteiger partial charge in [0.15, 0.2) is 0 Å². The predicted octanol–water partition coefficient (Wildman–Crippen LogP) is 4.47. The maximum absolute atomic E-state index is 13.3. The highest BCUT2D eigenvalue weighted by molar-refractivity contribution is 7.89. The van der Waals surface area contributed by atoms with Crippen molar-refractivity contribution < 1.29 is 26.4 Å². The zero-order chi connectivity index (χ0) is 22.9. The zero-order valence-corrected chi connectivity index (χ0v) is 18.3. The average Bonchev–Trinajstić information content (AvgIpc) is 3.29. The number of hydrogen-bond acceptors (Lipinski definition) is 3. The van der Waals surface area contributed by atoms with Crippen LogP contribution in [0.3, 0.4) is 0 Å². The average molecular weight is 467 g/mol. The van der Waals surface area contributed by atoms with Crippen LogP contribution in [0.15, 0.2) is 59.5 Å². The highest BCUT2D eigenvalue weighted by Crippen LogP contribution is 2.37. The molecule has 4 rings (SSSR count). The molecular formula is C23H25F3N2O3S. The van der Waals surface area contributed by atoms with Crippen LogP contribution in [0.4, 0.5) is 13.2 Å². The van der Waals surface area contributed by atoms with E-state index in [2.05, 4.69) is 0 Å². The van der Waals surface area contributed by atoms with Gasteiger partial charge in [0.2, 0.25) is 15.9 Å². The summed E-state index contributed by atoms with van der Waals surface area (Å²) in [6.07, 6.45) is -2.38. The minimum atomic E-state index is -4.76. The molecule has 1 amide bonds. The van der Waals surface area contributed by atoms with Crippen molar-refractivity contribution in [1.82, 2.24) is 9.21 Å². The Balaban J connectivity index is 1.46. The molecule has 0 spiro atoms. The number of carbonyl (C=O) groups excluding carboxylic acids is 1. The lowest BCUT2D eigenvalue weighted by atomic mass is 9.95. The summed E-state index contributed by atoms with van der Waals surface area (Å²) in [6.45, 7) is 0.708. The first-order valence-corrected chi connectivity index (χ1v) is 12.2. The van der Waals surface area contributed by atoms with Crippen LogP contribution in [0, 0.1) is 5.92 Å². The number of sulfonamides is 1. The first-order valence-electron chi connectivity index (χ1n) is 10.7. The predicted molar refractivity (Wildman–Crippen MR) is 113 cm³/mol. The molecule has 2 aromatic carbocycles. The fraction of sp³-hybridized carbons (Fsp3) is 0.435. The molecule has 0 saturated carbocycles. The second-order valence-corrected chi connectivity index (χ2v) is 10.2. The summed E-state index contributed by atoms with van der Waals surface area (Å²) in [5.74, 6) is -0.326. The molecule has 0 unspecified atom stereocenters. The molecule has 172 valence electrons. The standard InChI is InChI=1S/C23H25F3N2O3S/c24-23(25,26)19-9-4-5-11-21(19)32(30,31)27-15-12-18(13-16-27)22(29)28-14-6-10-20(28)17-7-2-1-3-8-17/h1-5,7-9,11,18,20H,6,10,12-16H2/t20-/m0/s1. The third-order valence-corrected chi connectivity index (χ3v) is 8.29. The summed E-state index contributed by atoms with van der Waals surface area (Å²) in [4.78, 5) is 14.3. The van der Waals surface area contributed by atoms with E-state index in [9.17, 15) is 26.4 Å². The summed E-state index contributed by atoms with van der Waals surface area (Å²) in [5, 5.41) is 0. The smallest absolute Gasteiger partial charge is 0.335 e. The lowest BCUT2D eigenvalue weighted by Gasteiger charge is -2.34. The number of likely N-dealkylation sites (tertiary alicyclic amines) is 1. The summed E-state index contributed by atoms with van der Waals surface area (Å²) in [6, 6.07) is 14.1. The van der Waals surface area contributed by atoms with E-state index in [0.29, 0.717) is 19.4 Å². The van der Waals surface area contributed by atoms with Gasteiger partial charge in [-0.3, -0.25) is 4.79 Å². The minimum Gasteiger partial charge on any atom is -0.335 e. The Morgan fingerprint density at radius 2 is 1.50 bits per heavy atom. The van der Waals surface area contributed by atoms with Gasteiger partial charge in [0.05, 0.1) is 16.5 Å². The maximum atomic E-state index is 13.3. The van der Waals surface area contributed by atoms with Crippen molar-refractivity contribution in [2.45, 2.75) is 42.8 Å².